The van der Waals surface area contributed by atoms with E-state index in [4.69, 9.17) is 18.0 Å². The number of nitro groups is 1. The van der Waals surface area contributed by atoms with Crippen LogP contribution in [0.1, 0.15) is 50.8 Å². The number of thiocarbonyl (C=S) groups is 1. The van der Waals surface area contributed by atoms with Crippen LogP contribution in [-0.2, 0) is 10.8 Å². The van der Waals surface area contributed by atoms with Gasteiger partial charge in [-0.2, -0.15) is 0 Å². The summed E-state index contributed by atoms with van der Waals surface area (Å²) in [6.45, 7) is 10.1. The second-order valence-electron chi connectivity index (χ2n) is 7.10. The predicted octanol–water partition coefficient (Wildman–Crippen LogP) is 4.28. The summed E-state index contributed by atoms with van der Waals surface area (Å²) >= 11 is 8.53. The molecule has 1 aliphatic rings. The average Bonchev–Trinajstić information content (AvgIpc) is 2.49. The molecule has 0 fully saturated rings. The largest absolute Gasteiger partial charge is 0.376 e. The lowest BCUT2D eigenvalue weighted by Gasteiger charge is -2.23. The van der Waals surface area contributed by atoms with Gasteiger partial charge < -0.3 is 11.1 Å². The molecule has 0 saturated heterocycles. The predicted molar refractivity (Wildman–Crippen MR) is 96.6 cm³/mol. The highest BCUT2D eigenvalue weighted by molar-refractivity contribution is 9.10. The number of halogens is 1. The first kappa shape index (κ1) is 17.1. The number of rotatable bonds is 2. The van der Waals surface area contributed by atoms with E-state index in [-0.39, 0.29) is 26.6 Å². The highest BCUT2D eigenvalue weighted by Crippen LogP contribution is 2.57. The third-order valence-electron chi connectivity index (χ3n) is 4.32. The van der Waals surface area contributed by atoms with E-state index >= 15 is 0 Å². The van der Waals surface area contributed by atoms with E-state index in [9.17, 15) is 10.1 Å². The molecule has 0 aromatic heterocycles. The Balaban J connectivity index is 2.96. The van der Waals surface area contributed by atoms with Crippen LogP contribution < -0.4 is 11.1 Å². The fourth-order valence-electron chi connectivity index (χ4n) is 3.90. The SMILES string of the molecule is Cc1c(NC(N)=S)c(Br)c2c(c1[N+](=O)[O-])C(C)(C)CC2(C)C. The molecule has 3 N–H and O–H groups in total. The van der Waals surface area contributed by atoms with Crippen LogP contribution in [0.2, 0.25) is 0 Å². The second-order valence-corrected chi connectivity index (χ2v) is 8.34. The normalized spacial score (nSPS) is 17.9. The standard InChI is InChI=1S/C15H20BrN3O2S/c1-7-11(18-13(17)22)10(16)8-9(12(7)19(20)21)15(4,5)6-14(8,2)3/h6H2,1-5H3,(H3,17,18,22). The van der Waals surface area contributed by atoms with Gasteiger partial charge in [-0.15, -0.1) is 0 Å². The fraction of sp³-hybridized carbons (Fsp3) is 0.533. The van der Waals surface area contributed by atoms with Crippen molar-refractivity contribution in [3.63, 3.8) is 0 Å². The molecule has 1 aliphatic carbocycles. The van der Waals surface area contributed by atoms with Crippen molar-refractivity contribution < 1.29 is 4.92 Å². The summed E-state index contributed by atoms with van der Waals surface area (Å²) in [7, 11) is 0. The van der Waals surface area contributed by atoms with Gasteiger partial charge in [-0.3, -0.25) is 10.1 Å². The van der Waals surface area contributed by atoms with Crippen molar-refractivity contribution >= 4 is 44.6 Å². The van der Waals surface area contributed by atoms with E-state index in [2.05, 4.69) is 48.9 Å². The van der Waals surface area contributed by atoms with Crippen molar-refractivity contribution in [2.45, 2.75) is 51.9 Å². The molecule has 5 nitrogen and oxygen atoms in total. The average molecular weight is 386 g/mol. The first-order valence-corrected chi connectivity index (χ1v) is 8.18. The molecule has 0 radical (unpaired) electrons. The maximum Gasteiger partial charge on any atom is 0.278 e. The molecule has 2 rings (SSSR count). The Morgan fingerprint density at radius 1 is 1.32 bits per heavy atom. The van der Waals surface area contributed by atoms with Crippen LogP contribution in [0.25, 0.3) is 0 Å². The number of hydrogen-bond acceptors (Lipinski definition) is 3. The molecule has 0 unspecified atom stereocenters. The minimum atomic E-state index is -0.297. The van der Waals surface area contributed by atoms with Crippen LogP contribution >= 0.6 is 28.1 Å². The number of benzene rings is 1. The first-order valence-electron chi connectivity index (χ1n) is 6.98. The first-order chi connectivity index (χ1) is 9.90. The molecule has 1 aromatic carbocycles. The van der Waals surface area contributed by atoms with Gasteiger partial charge in [0, 0.05) is 10.0 Å². The van der Waals surface area contributed by atoms with Crippen molar-refractivity contribution in [1.29, 1.82) is 0 Å². The Morgan fingerprint density at radius 2 is 1.82 bits per heavy atom. The molecule has 0 heterocycles. The van der Waals surface area contributed by atoms with Crippen LogP contribution in [0.4, 0.5) is 11.4 Å². The van der Waals surface area contributed by atoms with Gasteiger partial charge in [-0.1, -0.05) is 27.7 Å². The van der Waals surface area contributed by atoms with Crippen LogP contribution in [0.15, 0.2) is 4.47 Å². The third kappa shape index (κ3) is 2.50. The zero-order valence-corrected chi connectivity index (χ0v) is 15.7. The molecule has 22 heavy (non-hydrogen) atoms. The number of nitro benzene ring substituents is 1. The number of fused-ring (bicyclic) bond motifs is 1. The molecule has 0 aliphatic heterocycles. The van der Waals surface area contributed by atoms with E-state index in [0.29, 0.717) is 11.3 Å². The van der Waals surface area contributed by atoms with Gasteiger partial charge in [0.1, 0.15) is 0 Å². The number of nitrogens with two attached hydrogens (primary N) is 1. The number of anilines is 1. The number of nitrogens with zero attached hydrogens (tertiary/aromatic N) is 1. The van der Waals surface area contributed by atoms with Crippen molar-refractivity contribution in [2.24, 2.45) is 5.73 Å². The van der Waals surface area contributed by atoms with Gasteiger partial charge in [0.15, 0.2) is 5.11 Å². The van der Waals surface area contributed by atoms with Gasteiger partial charge in [0.05, 0.1) is 16.2 Å². The maximum atomic E-state index is 11.7. The summed E-state index contributed by atoms with van der Waals surface area (Å²) in [4.78, 5) is 11.4. The highest BCUT2D eigenvalue weighted by Gasteiger charge is 2.49. The lowest BCUT2D eigenvalue weighted by Crippen LogP contribution is -2.22. The van der Waals surface area contributed by atoms with E-state index in [1.54, 1.807) is 6.92 Å². The minimum Gasteiger partial charge on any atom is -0.376 e. The Labute approximate surface area is 143 Å². The van der Waals surface area contributed by atoms with Crippen molar-refractivity contribution in [3.05, 3.63) is 31.3 Å². The lowest BCUT2D eigenvalue weighted by atomic mass is 9.81. The number of nitrogens with one attached hydrogen (secondary N) is 1. The van der Waals surface area contributed by atoms with Crippen molar-refractivity contribution in [3.8, 4) is 0 Å². The zero-order chi connectivity index (χ0) is 17.0. The van der Waals surface area contributed by atoms with Crippen LogP contribution in [-0.4, -0.2) is 10.0 Å². The van der Waals surface area contributed by atoms with Gasteiger partial charge in [-0.25, -0.2) is 0 Å². The Bertz CT molecular complexity index is 699. The smallest absolute Gasteiger partial charge is 0.278 e. The molecule has 1 aromatic rings. The Hall–Kier alpha value is -1.21. The summed E-state index contributed by atoms with van der Waals surface area (Å²) in [5.74, 6) is 0. The molecule has 7 heteroatoms. The van der Waals surface area contributed by atoms with E-state index in [1.165, 1.54) is 0 Å². The van der Waals surface area contributed by atoms with Gasteiger partial charge in [0.25, 0.3) is 5.69 Å². The summed E-state index contributed by atoms with van der Waals surface area (Å²) in [5.41, 5.74) is 8.21. The highest BCUT2D eigenvalue weighted by atomic mass is 79.9. The van der Waals surface area contributed by atoms with Crippen LogP contribution in [0.3, 0.4) is 0 Å². The zero-order valence-electron chi connectivity index (χ0n) is 13.3. The minimum absolute atomic E-state index is 0.0908. The third-order valence-corrected chi connectivity index (χ3v) is 5.22. The quantitative estimate of drug-likeness (QED) is 0.451. The molecule has 0 saturated carbocycles. The molecular formula is C15H20BrN3O2S. The molecule has 120 valence electrons. The molecule has 0 amide bonds. The monoisotopic (exact) mass is 385 g/mol. The maximum absolute atomic E-state index is 11.7. The summed E-state index contributed by atoms with van der Waals surface area (Å²) in [6, 6.07) is 0. The summed E-state index contributed by atoms with van der Waals surface area (Å²) < 4.78 is 0.814. The fourth-order valence-corrected chi connectivity index (χ4v) is 5.13. The molecule has 0 atom stereocenters. The van der Waals surface area contributed by atoms with Gasteiger partial charge >= 0.3 is 0 Å². The Kier molecular flexibility index (Phi) is 4.02. The van der Waals surface area contributed by atoms with Crippen molar-refractivity contribution in [1.82, 2.24) is 0 Å². The molecule has 0 spiro atoms. The van der Waals surface area contributed by atoms with Gasteiger partial charge in [-0.05, 0) is 57.9 Å². The topological polar surface area (TPSA) is 81.2 Å². The summed E-state index contributed by atoms with van der Waals surface area (Å²) in [6.07, 6.45) is 0.838. The van der Waals surface area contributed by atoms with Gasteiger partial charge in [0.2, 0.25) is 0 Å². The van der Waals surface area contributed by atoms with Crippen LogP contribution in [0, 0.1) is 17.0 Å². The number of hydrogen-bond donors (Lipinski definition) is 2. The van der Waals surface area contributed by atoms with E-state index < -0.39 is 0 Å². The summed E-state index contributed by atoms with van der Waals surface area (Å²) in [5, 5.41) is 14.7. The van der Waals surface area contributed by atoms with Crippen LogP contribution in [0.5, 0.6) is 0 Å². The Morgan fingerprint density at radius 3 is 2.27 bits per heavy atom. The molecule has 0 bridgehead atoms. The van der Waals surface area contributed by atoms with E-state index in [0.717, 1.165) is 22.0 Å². The lowest BCUT2D eigenvalue weighted by molar-refractivity contribution is -0.386. The second kappa shape index (κ2) is 5.16. The molecular weight excluding hydrogens is 366 g/mol. The van der Waals surface area contributed by atoms with Crippen molar-refractivity contribution in [2.75, 3.05) is 5.32 Å². The van der Waals surface area contributed by atoms with E-state index in [1.807, 2.05) is 0 Å².